The van der Waals surface area contributed by atoms with E-state index in [4.69, 9.17) is 0 Å². The van der Waals surface area contributed by atoms with Crippen LogP contribution < -0.4 is 10.2 Å². The maximum Gasteiger partial charge on any atom is 0.219 e. The minimum absolute atomic E-state index is 0.214. The number of nitrogens with one attached hydrogen (secondary N) is 1. The Hall–Kier alpha value is -1.55. The highest BCUT2D eigenvalue weighted by Gasteiger charge is 2.25. The van der Waals surface area contributed by atoms with E-state index >= 15 is 0 Å². The van der Waals surface area contributed by atoms with Gasteiger partial charge in [-0.05, 0) is 87.4 Å². The van der Waals surface area contributed by atoms with E-state index in [0.29, 0.717) is 12.5 Å². The molecule has 0 aromatic heterocycles. The number of carbonyl (C=O) groups is 1. The standard InChI is InChI=1S/C25H39N3O/c1-2-25(29)26-22-12-10-20(11-13-22)14-15-27-16-18-28(19-17-27)24-9-5-7-21-6-3-4-8-23(21)24/h5,7,9,20,22H,2-4,6,8,10-19H2,1H3,(H,26,29). The molecule has 1 N–H and O–H groups in total. The van der Waals surface area contributed by atoms with Crippen LogP contribution in [0, 0.1) is 5.92 Å². The quantitative estimate of drug-likeness (QED) is 0.783. The fraction of sp³-hybridized carbons (Fsp3) is 0.720. The van der Waals surface area contributed by atoms with Crippen LogP contribution in [0.2, 0.25) is 0 Å². The van der Waals surface area contributed by atoms with Gasteiger partial charge in [0.25, 0.3) is 0 Å². The molecule has 4 rings (SSSR count). The zero-order chi connectivity index (χ0) is 20.1. The lowest BCUT2D eigenvalue weighted by molar-refractivity contribution is -0.121. The van der Waals surface area contributed by atoms with Gasteiger partial charge in [-0.1, -0.05) is 19.1 Å². The molecule has 1 aromatic carbocycles. The lowest BCUT2D eigenvalue weighted by atomic mass is 9.84. The molecule has 1 aromatic rings. The van der Waals surface area contributed by atoms with Gasteiger partial charge in [0, 0.05) is 44.3 Å². The summed E-state index contributed by atoms with van der Waals surface area (Å²) in [5.41, 5.74) is 4.76. The van der Waals surface area contributed by atoms with Gasteiger partial charge in [-0.25, -0.2) is 0 Å². The van der Waals surface area contributed by atoms with Crippen molar-refractivity contribution in [3.63, 3.8) is 0 Å². The summed E-state index contributed by atoms with van der Waals surface area (Å²) in [7, 11) is 0. The van der Waals surface area contributed by atoms with Crippen molar-refractivity contribution in [3.8, 4) is 0 Å². The SMILES string of the molecule is CCC(=O)NC1CCC(CCN2CCN(c3cccc4c3CCCC4)CC2)CC1. The largest absolute Gasteiger partial charge is 0.369 e. The maximum atomic E-state index is 11.6. The van der Waals surface area contributed by atoms with Crippen LogP contribution in [0.25, 0.3) is 0 Å². The number of hydrogen-bond donors (Lipinski definition) is 1. The Morgan fingerprint density at radius 3 is 2.55 bits per heavy atom. The average molecular weight is 398 g/mol. The number of benzene rings is 1. The monoisotopic (exact) mass is 397 g/mol. The van der Waals surface area contributed by atoms with E-state index in [1.54, 1.807) is 11.1 Å². The number of hydrogen-bond acceptors (Lipinski definition) is 3. The molecule has 0 unspecified atom stereocenters. The number of anilines is 1. The molecule has 1 aliphatic heterocycles. The van der Waals surface area contributed by atoms with Gasteiger partial charge in [0.2, 0.25) is 5.91 Å². The van der Waals surface area contributed by atoms with E-state index in [0.717, 1.165) is 5.92 Å². The molecule has 1 amide bonds. The first-order chi connectivity index (χ1) is 14.2. The third kappa shape index (κ3) is 5.33. The van der Waals surface area contributed by atoms with E-state index in [-0.39, 0.29) is 5.91 Å². The predicted molar refractivity (Wildman–Crippen MR) is 121 cm³/mol. The molecule has 2 aliphatic carbocycles. The molecule has 3 aliphatic rings. The van der Waals surface area contributed by atoms with Gasteiger partial charge in [-0.3, -0.25) is 9.69 Å². The maximum absolute atomic E-state index is 11.6. The Morgan fingerprint density at radius 1 is 1.03 bits per heavy atom. The van der Waals surface area contributed by atoms with Crippen molar-refractivity contribution in [2.24, 2.45) is 5.92 Å². The zero-order valence-corrected chi connectivity index (χ0v) is 18.3. The van der Waals surface area contributed by atoms with Crippen LogP contribution in [0.5, 0.6) is 0 Å². The van der Waals surface area contributed by atoms with Crippen molar-refractivity contribution in [2.75, 3.05) is 37.6 Å². The smallest absolute Gasteiger partial charge is 0.219 e. The Balaban J connectivity index is 1.19. The van der Waals surface area contributed by atoms with Crippen LogP contribution in [0.1, 0.15) is 69.4 Å². The minimum Gasteiger partial charge on any atom is -0.369 e. The lowest BCUT2D eigenvalue weighted by Gasteiger charge is -2.38. The van der Waals surface area contributed by atoms with E-state index in [1.807, 2.05) is 6.92 Å². The highest BCUT2D eigenvalue weighted by Crippen LogP contribution is 2.31. The average Bonchev–Trinajstić information content (AvgIpc) is 2.78. The summed E-state index contributed by atoms with van der Waals surface area (Å²) in [6, 6.07) is 7.40. The van der Waals surface area contributed by atoms with E-state index in [9.17, 15) is 4.79 Å². The molecule has 0 spiro atoms. The van der Waals surface area contributed by atoms with Crippen molar-refractivity contribution in [1.82, 2.24) is 10.2 Å². The number of amides is 1. The molecule has 1 saturated heterocycles. The van der Waals surface area contributed by atoms with Gasteiger partial charge >= 0.3 is 0 Å². The number of rotatable bonds is 6. The number of aryl methyl sites for hydroxylation is 1. The summed E-state index contributed by atoms with van der Waals surface area (Å²) in [5.74, 6) is 1.06. The molecule has 0 radical (unpaired) electrons. The van der Waals surface area contributed by atoms with Gasteiger partial charge in [-0.2, -0.15) is 0 Å². The molecule has 2 fully saturated rings. The van der Waals surface area contributed by atoms with Crippen LogP contribution in [-0.2, 0) is 17.6 Å². The Bertz CT molecular complexity index is 673. The van der Waals surface area contributed by atoms with E-state index < -0.39 is 0 Å². The fourth-order valence-electron chi connectivity index (χ4n) is 5.56. The first-order valence-electron chi connectivity index (χ1n) is 12.1. The molecule has 4 heteroatoms. The summed E-state index contributed by atoms with van der Waals surface area (Å²) in [6.45, 7) is 7.93. The summed E-state index contributed by atoms with van der Waals surface area (Å²) < 4.78 is 0. The molecule has 0 bridgehead atoms. The van der Waals surface area contributed by atoms with Crippen LogP contribution in [0.15, 0.2) is 18.2 Å². The molecule has 160 valence electrons. The van der Waals surface area contributed by atoms with Gasteiger partial charge < -0.3 is 10.2 Å². The first kappa shape index (κ1) is 20.7. The second-order valence-electron chi connectivity index (χ2n) is 9.38. The Kier molecular flexibility index (Phi) is 7.12. The molecule has 4 nitrogen and oxygen atoms in total. The third-order valence-corrected chi connectivity index (χ3v) is 7.47. The van der Waals surface area contributed by atoms with Gasteiger partial charge in [0.15, 0.2) is 0 Å². The summed E-state index contributed by atoms with van der Waals surface area (Å²) in [6.07, 6.45) is 12.1. The first-order valence-corrected chi connectivity index (χ1v) is 12.1. The van der Waals surface area contributed by atoms with Gasteiger partial charge in [0.1, 0.15) is 0 Å². The Morgan fingerprint density at radius 2 is 1.79 bits per heavy atom. The normalized spacial score (nSPS) is 25.5. The number of fused-ring (bicyclic) bond motifs is 1. The van der Waals surface area contributed by atoms with Gasteiger partial charge in [-0.15, -0.1) is 0 Å². The zero-order valence-electron chi connectivity index (χ0n) is 18.3. The molecule has 0 atom stereocenters. The van der Waals surface area contributed by atoms with E-state index in [2.05, 4.69) is 33.3 Å². The van der Waals surface area contributed by atoms with Crippen LogP contribution in [0.3, 0.4) is 0 Å². The Labute approximate surface area is 177 Å². The topological polar surface area (TPSA) is 35.6 Å². The highest BCUT2D eigenvalue weighted by molar-refractivity contribution is 5.75. The van der Waals surface area contributed by atoms with Gasteiger partial charge in [0.05, 0.1) is 0 Å². The second kappa shape index (κ2) is 9.97. The summed E-state index contributed by atoms with van der Waals surface area (Å²) in [4.78, 5) is 16.9. The molecule has 1 heterocycles. The highest BCUT2D eigenvalue weighted by atomic mass is 16.1. The molecule has 29 heavy (non-hydrogen) atoms. The predicted octanol–water partition coefficient (Wildman–Crippen LogP) is 4.16. The van der Waals surface area contributed by atoms with Crippen molar-refractivity contribution in [2.45, 2.75) is 77.2 Å². The fourth-order valence-corrected chi connectivity index (χ4v) is 5.56. The van der Waals surface area contributed by atoms with E-state index in [1.165, 1.54) is 96.2 Å². The lowest BCUT2D eigenvalue weighted by Crippen LogP contribution is -2.47. The molecule has 1 saturated carbocycles. The molecular weight excluding hydrogens is 358 g/mol. The molecular formula is C25H39N3O. The minimum atomic E-state index is 0.214. The van der Waals surface area contributed by atoms with Crippen molar-refractivity contribution in [3.05, 3.63) is 29.3 Å². The van der Waals surface area contributed by atoms with Crippen molar-refractivity contribution < 1.29 is 4.79 Å². The van der Waals surface area contributed by atoms with Crippen LogP contribution in [-0.4, -0.2) is 49.6 Å². The third-order valence-electron chi connectivity index (χ3n) is 7.47. The number of nitrogens with zero attached hydrogens (tertiary/aromatic N) is 2. The summed E-state index contributed by atoms with van der Waals surface area (Å²) >= 11 is 0. The van der Waals surface area contributed by atoms with Crippen molar-refractivity contribution in [1.29, 1.82) is 0 Å². The van der Waals surface area contributed by atoms with Crippen molar-refractivity contribution >= 4 is 11.6 Å². The van der Waals surface area contributed by atoms with Crippen LogP contribution >= 0.6 is 0 Å². The number of carbonyl (C=O) groups excluding carboxylic acids is 1. The van der Waals surface area contributed by atoms with Crippen LogP contribution in [0.4, 0.5) is 5.69 Å². The second-order valence-corrected chi connectivity index (χ2v) is 9.38. The summed E-state index contributed by atoms with van der Waals surface area (Å²) in [5, 5.41) is 3.18. The number of piperazine rings is 1.